The minimum Gasteiger partial charge on any atom is -0.378 e. The van der Waals surface area contributed by atoms with E-state index >= 15 is 0 Å². The summed E-state index contributed by atoms with van der Waals surface area (Å²) in [5.41, 5.74) is 0. The number of hydrogen-bond acceptors (Lipinski definition) is 4. The van der Waals surface area contributed by atoms with E-state index in [2.05, 4.69) is 5.32 Å². The van der Waals surface area contributed by atoms with Crippen LogP contribution in [0.5, 0.6) is 0 Å². The molecule has 0 unspecified atom stereocenters. The van der Waals surface area contributed by atoms with Crippen molar-refractivity contribution in [1.82, 2.24) is 15.1 Å². The normalized spacial score (nSPS) is 20.4. The van der Waals surface area contributed by atoms with Gasteiger partial charge in [0.1, 0.15) is 6.04 Å². The number of morpholine rings is 1. The summed E-state index contributed by atoms with van der Waals surface area (Å²) in [6.07, 6.45) is 8.23. The molecule has 3 amide bonds. The van der Waals surface area contributed by atoms with E-state index < -0.39 is 6.04 Å². The van der Waals surface area contributed by atoms with E-state index in [1.807, 2.05) is 6.19 Å². The lowest BCUT2D eigenvalue weighted by molar-refractivity contribution is -0.129. The molecule has 2 rings (SSSR count). The van der Waals surface area contributed by atoms with Crippen LogP contribution in [0.3, 0.4) is 0 Å². The Morgan fingerprint density at radius 3 is 2.57 bits per heavy atom. The van der Waals surface area contributed by atoms with E-state index in [4.69, 9.17) is 10.00 Å². The third-order valence-electron chi connectivity index (χ3n) is 4.67. The predicted molar refractivity (Wildman–Crippen MR) is 84.3 cm³/mol. The van der Waals surface area contributed by atoms with Gasteiger partial charge in [-0.05, 0) is 12.3 Å². The molecule has 1 saturated carbocycles. The number of likely N-dealkylation sites (N-methyl/N-ethyl adjacent to an activating group) is 1. The first-order chi connectivity index (χ1) is 11.1. The zero-order chi connectivity index (χ0) is 16.7. The van der Waals surface area contributed by atoms with Crippen LogP contribution in [0.1, 0.15) is 38.5 Å². The Kier molecular flexibility index (Phi) is 6.66. The molecule has 0 aromatic carbocycles. The summed E-state index contributed by atoms with van der Waals surface area (Å²) in [5, 5.41) is 11.8. The zero-order valence-corrected chi connectivity index (χ0v) is 13.8. The minimum atomic E-state index is -0.627. The van der Waals surface area contributed by atoms with E-state index in [1.54, 1.807) is 4.90 Å². The maximum absolute atomic E-state index is 12.4. The van der Waals surface area contributed by atoms with Crippen LogP contribution in [0.2, 0.25) is 0 Å². The van der Waals surface area contributed by atoms with Gasteiger partial charge in [0.25, 0.3) is 5.91 Å². The first-order valence-corrected chi connectivity index (χ1v) is 8.42. The van der Waals surface area contributed by atoms with Gasteiger partial charge in [0.15, 0.2) is 6.19 Å². The number of rotatable bonds is 4. The van der Waals surface area contributed by atoms with Gasteiger partial charge in [0, 0.05) is 20.1 Å². The average molecular weight is 322 g/mol. The fraction of sp³-hybridized carbons (Fsp3) is 0.812. The lowest BCUT2D eigenvalue weighted by Gasteiger charge is -2.31. The Morgan fingerprint density at radius 1 is 1.30 bits per heavy atom. The summed E-state index contributed by atoms with van der Waals surface area (Å²) in [4.78, 5) is 27.5. The third kappa shape index (κ3) is 5.10. The van der Waals surface area contributed by atoms with Gasteiger partial charge in [-0.1, -0.05) is 32.1 Å². The monoisotopic (exact) mass is 322 g/mol. The molecule has 128 valence electrons. The smallest absolute Gasteiger partial charge is 0.318 e. The van der Waals surface area contributed by atoms with Crippen LogP contribution in [-0.4, -0.2) is 61.1 Å². The van der Waals surface area contributed by atoms with Gasteiger partial charge < -0.3 is 15.0 Å². The van der Waals surface area contributed by atoms with E-state index in [1.165, 1.54) is 26.3 Å². The number of nitriles is 1. The number of nitrogens with zero attached hydrogens (tertiary/aromatic N) is 3. The van der Waals surface area contributed by atoms with Crippen LogP contribution in [0.15, 0.2) is 0 Å². The van der Waals surface area contributed by atoms with E-state index in [-0.39, 0.29) is 11.9 Å². The van der Waals surface area contributed by atoms with Gasteiger partial charge in [-0.2, -0.15) is 5.26 Å². The van der Waals surface area contributed by atoms with Gasteiger partial charge in [-0.15, -0.1) is 0 Å². The zero-order valence-electron chi connectivity index (χ0n) is 13.8. The number of carbonyl (C=O) groups excluding carboxylic acids is 2. The fourth-order valence-corrected chi connectivity index (χ4v) is 3.27. The van der Waals surface area contributed by atoms with Crippen molar-refractivity contribution in [3.8, 4) is 6.19 Å². The van der Waals surface area contributed by atoms with Crippen LogP contribution in [-0.2, 0) is 9.53 Å². The molecule has 0 aromatic rings. The van der Waals surface area contributed by atoms with Crippen molar-refractivity contribution < 1.29 is 14.3 Å². The van der Waals surface area contributed by atoms with E-state index in [0.29, 0.717) is 38.6 Å². The van der Waals surface area contributed by atoms with Gasteiger partial charge in [0.05, 0.1) is 13.2 Å². The highest BCUT2D eigenvalue weighted by Crippen LogP contribution is 2.27. The molecule has 0 radical (unpaired) electrons. The molecular weight excluding hydrogens is 296 g/mol. The van der Waals surface area contributed by atoms with Crippen LogP contribution >= 0.6 is 0 Å². The molecular formula is C16H26N4O3. The SMILES string of the molecule is CN(C#N)C(=O)[C@H](CC1CCCCC1)NC(=O)N1CCOCC1. The molecule has 1 saturated heterocycles. The molecule has 2 aliphatic rings. The highest BCUT2D eigenvalue weighted by Gasteiger charge is 2.30. The maximum Gasteiger partial charge on any atom is 0.318 e. The highest BCUT2D eigenvalue weighted by atomic mass is 16.5. The standard InChI is InChI=1S/C16H26N4O3/c1-19(12-17)15(21)14(11-13-5-3-2-4-6-13)18-16(22)20-7-9-23-10-8-20/h13-14H,2-11H2,1H3,(H,18,22)/t14-/m0/s1. The molecule has 1 aliphatic carbocycles. The molecule has 0 spiro atoms. The van der Waals surface area contributed by atoms with Crippen molar-refractivity contribution >= 4 is 11.9 Å². The van der Waals surface area contributed by atoms with Crippen LogP contribution in [0, 0.1) is 17.4 Å². The van der Waals surface area contributed by atoms with Gasteiger partial charge in [-0.25, -0.2) is 4.79 Å². The number of amides is 3. The van der Waals surface area contributed by atoms with Crippen molar-refractivity contribution in [2.45, 2.75) is 44.6 Å². The number of hydrogen-bond donors (Lipinski definition) is 1. The topological polar surface area (TPSA) is 85.7 Å². The van der Waals surface area contributed by atoms with E-state index in [0.717, 1.165) is 17.7 Å². The minimum absolute atomic E-state index is 0.242. The summed E-state index contributed by atoms with van der Waals surface area (Å²) in [6, 6.07) is -0.869. The van der Waals surface area contributed by atoms with Crippen molar-refractivity contribution in [2.75, 3.05) is 33.4 Å². The summed E-state index contributed by atoms with van der Waals surface area (Å²) in [6.45, 7) is 2.11. The largest absolute Gasteiger partial charge is 0.378 e. The molecule has 1 aliphatic heterocycles. The molecule has 0 bridgehead atoms. The van der Waals surface area contributed by atoms with Gasteiger partial charge in [0.2, 0.25) is 0 Å². The number of carbonyl (C=O) groups is 2. The molecule has 1 heterocycles. The van der Waals surface area contributed by atoms with Crippen LogP contribution < -0.4 is 5.32 Å². The molecule has 1 atom stereocenters. The number of urea groups is 1. The third-order valence-corrected chi connectivity index (χ3v) is 4.67. The lowest BCUT2D eigenvalue weighted by atomic mass is 9.84. The van der Waals surface area contributed by atoms with Gasteiger partial charge in [-0.3, -0.25) is 9.69 Å². The second-order valence-corrected chi connectivity index (χ2v) is 6.34. The summed E-state index contributed by atoms with van der Waals surface area (Å²) < 4.78 is 5.24. The Balaban J connectivity index is 1.98. The molecule has 1 N–H and O–H groups in total. The molecule has 7 nitrogen and oxygen atoms in total. The van der Waals surface area contributed by atoms with Crippen molar-refractivity contribution in [1.29, 1.82) is 5.26 Å². The van der Waals surface area contributed by atoms with Crippen LogP contribution in [0.4, 0.5) is 4.79 Å². The summed E-state index contributed by atoms with van der Waals surface area (Å²) >= 11 is 0. The molecule has 23 heavy (non-hydrogen) atoms. The summed E-state index contributed by atoms with van der Waals surface area (Å²) in [5.74, 6) is 0.106. The quantitative estimate of drug-likeness (QED) is 0.624. The lowest BCUT2D eigenvalue weighted by Crippen LogP contribution is -2.53. The summed E-state index contributed by atoms with van der Waals surface area (Å²) in [7, 11) is 1.44. The van der Waals surface area contributed by atoms with Gasteiger partial charge >= 0.3 is 6.03 Å². The average Bonchev–Trinajstić information content (AvgIpc) is 2.61. The van der Waals surface area contributed by atoms with Crippen molar-refractivity contribution in [3.05, 3.63) is 0 Å². The van der Waals surface area contributed by atoms with Crippen LogP contribution in [0.25, 0.3) is 0 Å². The Morgan fingerprint density at radius 2 is 1.96 bits per heavy atom. The molecule has 2 fully saturated rings. The number of ether oxygens (including phenoxy) is 1. The first kappa shape index (κ1) is 17.5. The maximum atomic E-state index is 12.4. The molecule has 7 heteroatoms. The Hall–Kier alpha value is -1.81. The second-order valence-electron chi connectivity index (χ2n) is 6.34. The Bertz CT molecular complexity index is 451. The first-order valence-electron chi connectivity index (χ1n) is 8.42. The predicted octanol–water partition coefficient (Wildman–Crippen LogP) is 1.31. The highest BCUT2D eigenvalue weighted by molar-refractivity contribution is 5.87. The number of nitrogens with one attached hydrogen (secondary N) is 1. The van der Waals surface area contributed by atoms with E-state index in [9.17, 15) is 9.59 Å². The Labute approximate surface area is 137 Å². The second kappa shape index (κ2) is 8.73. The van der Waals surface area contributed by atoms with Crippen molar-refractivity contribution in [3.63, 3.8) is 0 Å². The van der Waals surface area contributed by atoms with Crippen molar-refractivity contribution in [2.24, 2.45) is 5.92 Å². The molecule has 0 aromatic heterocycles. The fourth-order valence-electron chi connectivity index (χ4n) is 3.27.